The van der Waals surface area contributed by atoms with E-state index in [9.17, 15) is 9.59 Å². The van der Waals surface area contributed by atoms with Gasteiger partial charge in [-0.2, -0.15) is 0 Å². The van der Waals surface area contributed by atoms with Gasteiger partial charge in [-0.1, -0.05) is 27.7 Å². The van der Waals surface area contributed by atoms with E-state index in [2.05, 4.69) is 10.3 Å². The van der Waals surface area contributed by atoms with E-state index in [-0.39, 0.29) is 36.1 Å². The van der Waals surface area contributed by atoms with Crippen molar-refractivity contribution < 1.29 is 14.0 Å². The lowest BCUT2D eigenvalue weighted by molar-refractivity contribution is -0.135. The van der Waals surface area contributed by atoms with Crippen LogP contribution in [0.3, 0.4) is 0 Å². The summed E-state index contributed by atoms with van der Waals surface area (Å²) in [7, 11) is 0. The van der Waals surface area contributed by atoms with Crippen molar-refractivity contribution in [1.29, 1.82) is 0 Å². The fourth-order valence-corrected chi connectivity index (χ4v) is 2.21. The minimum Gasteiger partial charge on any atom is -0.446 e. The van der Waals surface area contributed by atoms with Crippen molar-refractivity contribution in [3.63, 3.8) is 0 Å². The van der Waals surface area contributed by atoms with Gasteiger partial charge in [0.25, 0.3) is 5.91 Å². The summed E-state index contributed by atoms with van der Waals surface area (Å²) in [5.74, 6) is 0.526. The molecule has 136 valence electrons. The highest BCUT2D eigenvalue weighted by atomic mass is 16.3. The number of aromatic nitrogens is 1. The fraction of sp³-hybridized carbons (Fsp3) is 0.722. The van der Waals surface area contributed by atoms with Gasteiger partial charge in [-0.25, -0.2) is 4.98 Å². The molecule has 2 amide bonds. The highest BCUT2D eigenvalue weighted by molar-refractivity contribution is 5.92. The molecular weight excluding hydrogens is 306 g/mol. The van der Waals surface area contributed by atoms with Gasteiger partial charge >= 0.3 is 0 Å². The molecule has 1 aromatic heterocycles. The smallest absolute Gasteiger partial charge is 0.273 e. The number of hydrogen-bond donors (Lipinski definition) is 1. The minimum absolute atomic E-state index is 0.0851. The largest absolute Gasteiger partial charge is 0.446 e. The SMILES string of the molecule is CC[C@@H](C)NC(=O)c1coc(CN(C(=O)CC(C)C)[C@H](C)CC)n1. The summed E-state index contributed by atoms with van der Waals surface area (Å²) < 4.78 is 5.42. The maximum absolute atomic E-state index is 12.5. The predicted octanol–water partition coefficient (Wildman–Crippen LogP) is 3.38. The Kier molecular flexibility index (Phi) is 7.95. The number of carbonyl (C=O) groups is 2. The number of rotatable bonds is 9. The minimum atomic E-state index is -0.247. The lowest BCUT2D eigenvalue weighted by atomic mass is 10.1. The first-order valence-corrected chi connectivity index (χ1v) is 8.83. The van der Waals surface area contributed by atoms with E-state index >= 15 is 0 Å². The predicted molar refractivity (Wildman–Crippen MR) is 93.5 cm³/mol. The van der Waals surface area contributed by atoms with Crippen molar-refractivity contribution >= 4 is 11.8 Å². The second kappa shape index (κ2) is 9.45. The van der Waals surface area contributed by atoms with E-state index in [1.807, 2.05) is 41.5 Å². The Morgan fingerprint density at radius 2 is 1.88 bits per heavy atom. The first-order valence-electron chi connectivity index (χ1n) is 8.83. The molecule has 0 aliphatic carbocycles. The van der Waals surface area contributed by atoms with Gasteiger partial charge in [0.15, 0.2) is 5.69 Å². The normalized spacial score (nSPS) is 13.6. The monoisotopic (exact) mass is 337 g/mol. The number of nitrogens with zero attached hydrogens (tertiary/aromatic N) is 2. The highest BCUT2D eigenvalue weighted by Crippen LogP contribution is 2.15. The van der Waals surface area contributed by atoms with Crippen molar-refractivity contribution in [2.75, 3.05) is 0 Å². The molecule has 0 radical (unpaired) electrons. The molecule has 6 nitrogen and oxygen atoms in total. The molecule has 1 heterocycles. The molecule has 2 atom stereocenters. The summed E-state index contributed by atoms with van der Waals surface area (Å²) in [6.07, 6.45) is 3.55. The van der Waals surface area contributed by atoms with Crippen LogP contribution in [0.2, 0.25) is 0 Å². The van der Waals surface area contributed by atoms with E-state index in [1.165, 1.54) is 6.26 Å². The molecule has 0 aliphatic heterocycles. The number of hydrogen-bond acceptors (Lipinski definition) is 4. The molecule has 24 heavy (non-hydrogen) atoms. The zero-order valence-corrected chi connectivity index (χ0v) is 15.8. The molecule has 0 bridgehead atoms. The number of carbonyl (C=O) groups excluding carboxylic acids is 2. The molecule has 0 unspecified atom stereocenters. The third kappa shape index (κ3) is 5.98. The van der Waals surface area contributed by atoms with Crippen molar-refractivity contribution in [1.82, 2.24) is 15.2 Å². The van der Waals surface area contributed by atoms with Crippen LogP contribution in [0.4, 0.5) is 0 Å². The molecule has 1 N–H and O–H groups in total. The van der Waals surface area contributed by atoms with Crippen LogP contribution in [-0.2, 0) is 11.3 Å². The van der Waals surface area contributed by atoms with Gasteiger partial charge in [-0.3, -0.25) is 9.59 Å². The van der Waals surface area contributed by atoms with Gasteiger partial charge in [-0.15, -0.1) is 0 Å². The summed E-state index contributed by atoms with van der Waals surface area (Å²) in [5, 5.41) is 2.85. The quantitative estimate of drug-likeness (QED) is 0.749. The topological polar surface area (TPSA) is 75.4 Å². The first-order chi connectivity index (χ1) is 11.3. The van der Waals surface area contributed by atoms with Crippen molar-refractivity contribution in [3.8, 4) is 0 Å². The lowest BCUT2D eigenvalue weighted by Gasteiger charge is -2.28. The Hall–Kier alpha value is -1.85. The highest BCUT2D eigenvalue weighted by Gasteiger charge is 2.23. The van der Waals surface area contributed by atoms with Crippen LogP contribution in [0.5, 0.6) is 0 Å². The molecular formula is C18H31N3O3. The molecule has 0 aromatic carbocycles. The summed E-state index contributed by atoms with van der Waals surface area (Å²) in [6, 6.07) is 0.183. The van der Waals surface area contributed by atoms with E-state index in [0.29, 0.717) is 18.2 Å². The molecule has 1 aromatic rings. The lowest BCUT2D eigenvalue weighted by Crippen LogP contribution is -2.38. The van der Waals surface area contributed by atoms with Gasteiger partial charge in [0.05, 0.1) is 6.54 Å². The summed E-state index contributed by atoms with van der Waals surface area (Å²) in [5.41, 5.74) is 0.255. The van der Waals surface area contributed by atoms with E-state index in [1.54, 1.807) is 4.90 Å². The van der Waals surface area contributed by atoms with Crippen molar-refractivity contribution in [2.24, 2.45) is 5.92 Å². The summed E-state index contributed by atoms with van der Waals surface area (Å²) in [4.78, 5) is 30.6. The molecule has 0 saturated carbocycles. The molecule has 1 rings (SSSR count). The molecule has 0 aliphatic rings. The summed E-state index contributed by atoms with van der Waals surface area (Å²) in [6.45, 7) is 12.3. The Bertz CT molecular complexity index is 539. The van der Waals surface area contributed by atoms with Crippen LogP contribution in [-0.4, -0.2) is 33.8 Å². The third-order valence-corrected chi connectivity index (χ3v) is 4.11. The zero-order chi connectivity index (χ0) is 18.3. The van der Waals surface area contributed by atoms with Crippen LogP contribution in [0.15, 0.2) is 10.7 Å². The van der Waals surface area contributed by atoms with Gasteiger partial charge in [-0.05, 0) is 32.6 Å². The van der Waals surface area contributed by atoms with E-state index in [0.717, 1.165) is 12.8 Å². The number of oxazole rings is 1. The Morgan fingerprint density at radius 1 is 1.21 bits per heavy atom. The second-order valence-electron chi connectivity index (χ2n) is 6.79. The van der Waals surface area contributed by atoms with Crippen LogP contribution in [0, 0.1) is 5.92 Å². The van der Waals surface area contributed by atoms with Gasteiger partial charge in [0, 0.05) is 18.5 Å². The van der Waals surface area contributed by atoms with Gasteiger partial charge in [0.1, 0.15) is 6.26 Å². The molecule has 0 saturated heterocycles. The van der Waals surface area contributed by atoms with Crippen LogP contribution in [0.25, 0.3) is 0 Å². The maximum Gasteiger partial charge on any atom is 0.273 e. The van der Waals surface area contributed by atoms with Gasteiger partial charge in [0.2, 0.25) is 11.8 Å². The Labute approximate surface area is 145 Å². The van der Waals surface area contributed by atoms with Crippen LogP contribution >= 0.6 is 0 Å². The second-order valence-corrected chi connectivity index (χ2v) is 6.79. The molecule has 0 spiro atoms. The summed E-state index contributed by atoms with van der Waals surface area (Å²) >= 11 is 0. The fourth-order valence-electron chi connectivity index (χ4n) is 2.21. The van der Waals surface area contributed by atoms with Crippen molar-refractivity contribution in [3.05, 3.63) is 17.8 Å². The van der Waals surface area contributed by atoms with E-state index < -0.39 is 0 Å². The van der Waals surface area contributed by atoms with Crippen LogP contribution in [0.1, 0.15) is 77.2 Å². The first kappa shape index (κ1) is 20.2. The standard InChI is InChI=1S/C18H31N3O3/c1-7-13(5)19-18(23)15-11-24-16(20-15)10-21(14(6)8-2)17(22)9-12(3)4/h11-14H,7-10H2,1-6H3,(H,19,23)/t13-,14-/m1/s1. The molecule has 0 fully saturated rings. The Balaban J connectivity index is 2.81. The van der Waals surface area contributed by atoms with Gasteiger partial charge < -0.3 is 14.6 Å². The maximum atomic E-state index is 12.5. The third-order valence-electron chi connectivity index (χ3n) is 4.11. The average Bonchev–Trinajstić information content (AvgIpc) is 2.99. The molecule has 6 heteroatoms. The zero-order valence-electron chi connectivity index (χ0n) is 15.8. The number of amides is 2. The average molecular weight is 337 g/mol. The van der Waals surface area contributed by atoms with E-state index in [4.69, 9.17) is 4.42 Å². The van der Waals surface area contributed by atoms with Crippen LogP contribution < -0.4 is 5.32 Å². The van der Waals surface area contributed by atoms with Crippen molar-refractivity contribution in [2.45, 2.75) is 79.4 Å². The Morgan fingerprint density at radius 3 is 2.42 bits per heavy atom. The number of nitrogens with one attached hydrogen (secondary N) is 1.